The molecule has 7 rings (SSSR count). The van der Waals surface area contributed by atoms with Gasteiger partial charge in [0, 0.05) is 73.2 Å². The van der Waals surface area contributed by atoms with Crippen molar-refractivity contribution in [3.8, 4) is 39.5 Å². The van der Waals surface area contributed by atoms with Crippen LogP contribution in [0.25, 0.3) is 44.7 Å². The fourth-order valence-electron chi connectivity index (χ4n) is 6.93. The summed E-state index contributed by atoms with van der Waals surface area (Å²) in [7, 11) is 3.61. The molecule has 0 radical (unpaired) electrons. The number of hydrogen-bond donors (Lipinski definition) is 0. The zero-order valence-electron chi connectivity index (χ0n) is 28.2. The van der Waals surface area contributed by atoms with Gasteiger partial charge in [-0.1, -0.05) is 6.58 Å². The second-order valence-electron chi connectivity index (χ2n) is 12.9. The number of aromatic nitrogens is 4. The van der Waals surface area contributed by atoms with Gasteiger partial charge in [0.1, 0.15) is 41.1 Å². The van der Waals surface area contributed by atoms with E-state index in [0.717, 1.165) is 47.6 Å². The number of furan rings is 1. The number of methoxy groups -OCH3 is 1. The van der Waals surface area contributed by atoms with Gasteiger partial charge in [-0.15, -0.1) is 0 Å². The van der Waals surface area contributed by atoms with Crippen molar-refractivity contribution < 1.29 is 27.5 Å². The molecule has 0 unspecified atom stereocenters. The molecule has 0 aliphatic carbocycles. The largest absolute Gasteiger partial charge is 0.490 e. The first-order chi connectivity index (χ1) is 23.6. The molecule has 49 heavy (non-hydrogen) atoms. The molecule has 12 heteroatoms. The topological polar surface area (TPSA) is 98.8 Å². The van der Waals surface area contributed by atoms with Gasteiger partial charge < -0.3 is 18.8 Å². The Bertz CT molecular complexity index is 2090. The molecular formula is C37H38F2N6O4. The highest BCUT2D eigenvalue weighted by atomic mass is 19.1. The zero-order valence-corrected chi connectivity index (χ0v) is 28.2. The van der Waals surface area contributed by atoms with Crippen LogP contribution in [-0.4, -0.2) is 75.4 Å². The number of ether oxygens (including phenoxy) is 2. The van der Waals surface area contributed by atoms with Crippen molar-refractivity contribution in [2.45, 2.75) is 51.9 Å². The standard InChI is InChI=1S/C37H38F2N6O4/c1-7-32(46)44-18-21(3)45-30(22(44)4)16-29(42-45)36-33(34-27(39)14-25(38)15-31(34)48-11-10-47-6)26-8-9-49-37(26)35(41-36)23-13-24-19-43(5)20(2)12-28(24)40-17-23/h7-9,13-17,20-22H,1,10-12,18-19H2,2-6H3/t20-,21+,22-/m1/s1. The van der Waals surface area contributed by atoms with Gasteiger partial charge in [-0.2, -0.15) is 5.10 Å². The molecule has 0 saturated heterocycles. The molecule has 1 amide bonds. The van der Waals surface area contributed by atoms with Gasteiger partial charge in [0.2, 0.25) is 5.91 Å². The Morgan fingerprint density at radius 1 is 1.10 bits per heavy atom. The van der Waals surface area contributed by atoms with Crippen molar-refractivity contribution in [1.29, 1.82) is 0 Å². The zero-order chi connectivity index (χ0) is 34.6. The van der Waals surface area contributed by atoms with E-state index in [1.165, 1.54) is 19.4 Å². The third-order valence-electron chi connectivity index (χ3n) is 9.66. The van der Waals surface area contributed by atoms with Crippen LogP contribution < -0.4 is 4.74 Å². The molecule has 2 aliphatic rings. The first kappa shape index (κ1) is 32.6. The summed E-state index contributed by atoms with van der Waals surface area (Å²) in [5.41, 5.74) is 5.73. The van der Waals surface area contributed by atoms with Gasteiger partial charge in [0.25, 0.3) is 0 Å². The summed E-state index contributed by atoms with van der Waals surface area (Å²) >= 11 is 0. The maximum absolute atomic E-state index is 16.1. The number of benzene rings is 1. The molecule has 4 aromatic heterocycles. The first-order valence-corrected chi connectivity index (χ1v) is 16.3. The summed E-state index contributed by atoms with van der Waals surface area (Å²) < 4.78 is 49.9. The smallest absolute Gasteiger partial charge is 0.246 e. The van der Waals surface area contributed by atoms with E-state index in [1.807, 2.05) is 24.6 Å². The molecule has 0 N–H and O–H groups in total. The summed E-state index contributed by atoms with van der Waals surface area (Å²) in [5, 5.41) is 5.55. The van der Waals surface area contributed by atoms with E-state index >= 15 is 4.39 Å². The number of halogens is 2. The Kier molecular flexibility index (Phi) is 8.53. The van der Waals surface area contributed by atoms with Gasteiger partial charge >= 0.3 is 0 Å². The van der Waals surface area contributed by atoms with Gasteiger partial charge in [0.05, 0.1) is 36.2 Å². The van der Waals surface area contributed by atoms with Crippen LogP contribution in [0.3, 0.4) is 0 Å². The molecule has 0 fully saturated rings. The Morgan fingerprint density at radius 2 is 1.92 bits per heavy atom. The van der Waals surface area contributed by atoms with Gasteiger partial charge in [-0.05, 0) is 57.7 Å². The maximum Gasteiger partial charge on any atom is 0.246 e. The predicted octanol–water partition coefficient (Wildman–Crippen LogP) is 6.75. The summed E-state index contributed by atoms with van der Waals surface area (Å²) in [6.07, 6.45) is 5.46. The number of carbonyl (C=O) groups is 1. The van der Waals surface area contributed by atoms with E-state index in [9.17, 15) is 9.18 Å². The monoisotopic (exact) mass is 668 g/mol. The Balaban J connectivity index is 1.49. The summed E-state index contributed by atoms with van der Waals surface area (Å²) in [4.78, 5) is 26.8. The van der Waals surface area contributed by atoms with Crippen molar-refractivity contribution in [2.24, 2.45) is 0 Å². The number of pyridine rings is 2. The molecule has 0 bridgehead atoms. The van der Waals surface area contributed by atoms with Crippen molar-refractivity contribution in [1.82, 2.24) is 29.5 Å². The van der Waals surface area contributed by atoms with Crippen LogP contribution in [0.5, 0.6) is 5.75 Å². The highest BCUT2D eigenvalue weighted by Crippen LogP contribution is 2.46. The summed E-state index contributed by atoms with van der Waals surface area (Å²) in [6.45, 7) is 11.2. The van der Waals surface area contributed by atoms with Gasteiger partial charge in [0.15, 0.2) is 5.58 Å². The maximum atomic E-state index is 16.1. The number of fused-ring (bicyclic) bond motifs is 3. The second-order valence-corrected chi connectivity index (χ2v) is 12.9. The minimum absolute atomic E-state index is 0.00563. The first-order valence-electron chi connectivity index (χ1n) is 16.3. The average Bonchev–Trinajstić information content (AvgIpc) is 3.75. The molecule has 5 aromatic rings. The third kappa shape index (κ3) is 5.68. The van der Waals surface area contributed by atoms with Crippen LogP contribution in [-0.2, 0) is 22.5 Å². The van der Waals surface area contributed by atoms with E-state index in [1.54, 1.807) is 17.2 Å². The van der Waals surface area contributed by atoms with Crippen molar-refractivity contribution in [2.75, 3.05) is 33.9 Å². The lowest BCUT2D eigenvalue weighted by atomic mass is 9.94. The Morgan fingerprint density at radius 3 is 2.69 bits per heavy atom. The number of carbonyl (C=O) groups excluding carboxylic acids is 1. The normalized spacial score (nSPS) is 19.2. The minimum atomic E-state index is -0.827. The van der Waals surface area contributed by atoms with E-state index < -0.39 is 11.6 Å². The van der Waals surface area contributed by atoms with Crippen molar-refractivity contribution in [3.05, 3.63) is 84.0 Å². The molecule has 0 spiro atoms. The highest BCUT2D eigenvalue weighted by Gasteiger charge is 2.34. The van der Waals surface area contributed by atoms with Gasteiger partial charge in [-0.3, -0.25) is 19.4 Å². The van der Waals surface area contributed by atoms with Crippen molar-refractivity contribution in [3.63, 3.8) is 0 Å². The fourth-order valence-corrected chi connectivity index (χ4v) is 6.93. The Labute approximate surface area is 283 Å². The number of rotatable bonds is 8. The van der Waals surface area contributed by atoms with Crippen LogP contribution in [0.4, 0.5) is 8.78 Å². The molecule has 3 atom stereocenters. The highest BCUT2D eigenvalue weighted by molar-refractivity contribution is 6.06. The predicted molar refractivity (Wildman–Crippen MR) is 181 cm³/mol. The van der Waals surface area contributed by atoms with Crippen LogP contribution in [0.1, 0.15) is 49.8 Å². The summed E-state index contributed by atoms with van der Waals surface area (Å²) in [6, 6.07) is 7.57. The van der Waals surface area contributed by atoms with Crippen LogP contribution >= 0.6 is 0 Å². The van der Waals surface area contributed by atoms with Crippen molar-refractivity contribution >= 4 is 16.9 Å². The van der Waals surface area contributed by atoms with Gasteiger partial charge in [-0.25, -0.2) is 13.8 Å². The van der Waals surface area contributed by atoms with E-state index in [0.29, 0.717) is 46.2 Å². The lowest BCUT2D eigenvalue weighted by Crippen LogP contribution is -2.42. The number of likely N-dealkylation sites (N-methyl/N-ethyl adjacent to an activating group) is 1. The molecule has 2 aliphatic heterocycles. The molecule has 1 aromatic carbocycles. The molecule has 10 nitrogen and oxygen atoms in total. The van der Waals surface area contributed by atoms with Crippen LogP contribution in [0, 0.1) is 11.6 Å². The lowest BCUT2D eigenvalue weighted by molar-refractivity contribution is -0.129. The lowest BCUT2D eigenvalue weighted by Gasteiger charge is -2.36. The SMILES string of the molecule is C=CC(=O)N1C[C@H](C)n2nc(-c3nc(-c4cnc5c(c4)CN(C)[C@H](C)C5)c4occc4c3-c3c(F)cc(F)cc3OCCOC)cc2[C@H]1C. The van der Waals surface area contributed by atoms with Crippen LogP contribution in [0.2, 0.25) is 0 Å². The quantitative estimate of drug-likeness (QED) is 0.132. The number of nitrogens with zero attached hydrogens (tertiary/aromatic N) is 6. The average molecular weight is 669 g/mol. The molecular weight excluding hydrogens is 630 g/mol. The third-order valence-corrected chi connectivity index (χ3v) is 9.66. The number of hydrogen-bond acceptors (Lipinski definition) is 8. The van der Waals surface area contributed by atoms with Crippen LogP contribution in [0.15, 0.2) is 59.9 Å². The molecule has 6 heterocycles. The summed E-state index contributed by atoms with van der Waals surface area (Å²) in [5.74, 6) is -1.80. The Hall–Kier alpha value is -4.94. The molecule has 0 saturated carbocycles. The molecule has 254 valence electrons. The minimum Gasteiger partial charge on any atom is -0.490 e. The van der Waals surface area contributed by atoms with E-state index in [4.69, 9.17) is 29.0 Å². The number of amides is 1. The van der Waals surface area contributed by atoms with E-state index in [2.05, 4.69) is 31.5 Å². The fraction of sp³-hybridized carbons (Fsp3) is 0.351. The second kappa shape index (κ2) is 12.8. The van der Waals surface area contributed by atoms with E-state index in [-0.39, 0.29) is 42.5 Å².